The second kappa shape index (κ2) is 5.47. The summed E-state index contributed by atoms with van der Waals surface area (Å²) in [6.45, 7) is 3.94. The highest BCUT2D eigenvalue weighted by molar-refractivity contribution is 5.48. The van der Waals surface area contributed by atoms with Crippen molar-refractivity contribution in [1.82, 2.24) is 4.98 Å². The van der Waals surface area contributed by atoms with E-state index in [0.29, 0.717) is 6.42 Å². The topological polar surface area (TPSA) is 65.9 Å². The molecule has 0 radical (unpaired) electrons. The largest absolute Gasteiger partial charge is 0.356 e. The molecule has 0 fully saturated rings. The first-order valence-electron chi connectivity index (χ1n) is 5.38. The summed E-state index contributed by atoms with van der Waals surface area (Å²) < 4.78 is 0. The Kier molecular flexibility index (Phi) is 4.27. The zero-order valence-corrected chi connectivity index (χ0v) is 10.0. The Morgan fingerprint density at radius 3 is 2.81 bits per heavy atom. The summed E-state index contributed by atoms with van der Waals surface area (Å²) in [7, 11) is 1.94. The van der Waals surface area contributed by atoms with Gasteiger partial charge in [-0.25, -0.2) is 4.98 Å². The van der Waals surface area contributed by atoms with Gasteiger partial charge in [-0.3, -0.25) is 0 Å². The second-order valence-electron chi connectivity index (χ2n) is 4.03. The lowest BCUT2D eigenvalue weighted by atomic mass is 10.1. The Morgan fingerprint density at radius 1 is 1.56 bits per heavy atom. The van der Waals surface area contributed by atoms with Gasteiger partial charge in [-0.2, -0.15) is 5.26 Å². The van der Waals surface area contributed by atoms with E-state index in [0.717, 1.165) is 11.4 Å². The summed E-state index contributed by atoms with van der Waals surface area (Å²) in [6.07, 6.45) is 2.22. The van der Waals surface area contributed by atoms with Crippen LogP contribution >= 0.6 is 0 Å². The highest BCUT2D eigenvalue weighted by atomic mass is 15.2. The standard InChI is InChI=1S/C12H18N4/c1-9(6-7-13)16(3)12-11(10(2)14)5-4-8-15-12/h4-5,8-10H,6,14H2,1-3H3. The fourth-order valence-electron chi connectivity index (χ4n) is 1.54. The third-order valence-electron chi connectivity index (χ3n) is 2.69. The summed E-state index contributed by atoms with van der Waals surface area (Å²) in [5.41, 5.74) is 6.90. The minimum atomic E-state index is -0.0552. The van der Waals surface area contributed by atoms with Crippen LogP contribution in [0.2, 0.25) is 0 Å². The first kappa shape index (κ1) is 12.5. The maximum absolute atomic E-state index is 8.69. The molecule has 0 aliphatic carbocycles. The quantitative estimate of drug-likeness (QED) is 0.837. The van der Waals surface area contributed by atoms with Gasteiger partial charge < -0.3 is 10.6 Å². The molecule has 0 aliphatic heterocycles. The zero-order chi connectivity index (χ0) is 12.1. The summed E-state index contributed by atoms with van der Waals surface area (Å²) in [4.78, 5) is 6.34. The normalized spacial score (nSPS) is 13.9. The van der Waals surface area contributed by atoms with Crippen LogP contribution in [0.15, 0.2) is 18.3 Å². The van der Waals surface area contributed by atoms with Gasteiger partial charge in [0.2, 0.25) is 0 Å². The van der Waals surface area contributed by atoms with Gasteiger partial charge in [0, 0.05) is 30.9 Å². The predicted octanol–water partition coefficient (Wildman–Crippen LogP) is 1.84. The van der Waals surface area contributed by atoms with E-state index in [-0.39, 0.29) is 12.1 Å². The summed E-state index contributed by atoms with van der Waals surface area (Å²) in [5.74, 6) is 0.861. The van der Waals surface area contributed by atoms with Crippen molar-refractivity contribution in [3.63, 3.8) is 0 Å². The number of aromatic nitrogens is 1. The molecule has 0 spiro atoms. The Hall–Kier alpha value is -1.60. The summed E-state index contributed by atoms with van der Waals surface area (Å²) >= 11 is 0. The molecule has 0 amide bonds. The molecule has 1 heterocycles. The summed E-state index contributed by atoms with van der Waals surface area (Å²) in [6, 6.07) is 6.10. The third-order valence-corrected chi connectivity index (χ3v) is 2.69. The van der Waals surface area contributed by atoms with Crippen molar-refractivity contribution in [2.45, 2.75) is 32.4 Å². The lowest BCUT2D eigenvalue weighted by molar-refractivity contribution is 0.681. The zero-order valence-electron chi connectivity index (χ0n) is 10.0. The Labute approximate surface area is 96.7 Å². The number of pyridine rings is 1. The Balaban J connectivity index is 2.99. The van der Waals surface area contributed by atoms with Crippen LogP contribution in [0.3, 0.4) is 0 Å². The smallest absolute Gasteiger partial charge is 0.133 e. The highest BCUT2D eigenvalue weighted by Gasteiger charge is 2.16. The van der Waals surface area contributed by atoms with Gasteiger partial charge in [0.15, 0.2) is 0 Å². The van der Waals surface area contributed by atoms with Crippen molar-refractivity contribution in [2.24, 2.45) is 5.73 Å². The van der Waals surface area contributed by atoms with Crippen molar-refractivity contribution in [1.29, 1.82) is 5.26 Å². The van der Waals surface area contributed by atoms with Crippen LogP contribution in [0, 0.1) is 11.3 Å². The van der Waals surface area contributed by atoms with Crippen LogP contribution in [-0.2, 0) is 0 Å². The molecule has 0 aromatic carbocycles. The first-order valence-corrected chi connectivity index (χ1v) is 5.38. The van der Waals surface area contributed by atoms with Gasteiger partial charge in [0.25, 0.3) is 0 Å². The SMILES string of the molecule is CC(N)c1cccnc1N(C)C(C)CC#N. The van der Waals surface area contributed by atoms with Gasteiger partial charge in [0.05, 0.1) is 12.5 Å². The molecule has 4 nitrogen and oxygen atoms in total. The van der Waals surface area contributed by atoms with Crippen LogP contribution in [0.4, 0.5) is 5.82 Å². The van der Waals surface area contributed by atoms with Crippen molar-refractivity contribution in [3.05, 3.63) is 23.9 Å². The number of nitriles is 1. The lowest BCUT2D eigenvalue weighted by Gasteiger charge is -2.27. The lowest BCUT2D eigenvalue weighted by Crippen LogP contribution is -2.30. The molecule has 0 aliphatic rings. The van der Waals surface area contributed by atoms with Gasteiger partial charge in [0.1, 0.15) is 5.82 Å². The van der Waals surface area contributed by atoms with E-state index < -0.39 is 0 Å². The van der Waals surface area contributed by atoms with Crippen LogP contribution in [0.1, 0.15) is 31.9 Å². The third kappa shape index (κ3) is 2.71. The highest BCUT2D eigenvalue weighted by Crippen LogP contribution is 2.23. The molecule has 2 unspecified atom stereocenters. The monoisotopic (exact) mass is 218 g/mol. The molecule has 1 rings (SSSR count). The first-order chi connectivity index (χ1) is 7.57. The summed E-state index contributed by atoms with van der Waals surface area (Å²) in [5, 5.41) is 8.69. The predicted molar refractivity (Wildman–Crippen MR) is 64.9 cm³/mol. The van der Waals surface area contributed by atoms with Crippen LogP contribution in [0.25, 0.3) is 0 Å². The molecular weight excluding hydrogens is 200 g/mol. The molecule has 2 N–H and O–H groups in total. The van der Waals surface area contributed by atoms with Gasteiger partial charge in [-0.05, 0) is 19.9 Å². The Morgan fingerprint density at radius 2 is 2.25 bits per heavy atom. The molecule has 1 aromatic rings. The Bertz CT molecular complexity index is 381. The van der Waals surface area contributed by atoms with Gasteiger partial charge in [-0.15, -0.1) is 0 Å². The average molecular weight is 218 g/mol. The average Bonchev–Trinajstić information content (AvgIpc) is 2.28. The van der Waals surface area contributed by atoms with Gasteiger partial charge >= 0.3 is 0 Å². The van der Waals surface area contributed by atoms with Crippen molar-refractivity contribution in [2.75, 3.05) is 11.9 Å². The fourth-order valence-corrected chi connectivity index (χ4v) is 1.54. The van der Waals surface area contributed by atoms with E-state index in [4.69, 9.17) is 11.0 Å². The molecule has 1 aromatic heterocycles. The van der Waals surface area contributed by atoms with Crippen LogP contribution < -0.4 is 10.6 Å². The van der Waals surface area contributed by atoms with Crippen LogP contribution in [-0.4, -0.2) is 18.1 Å². The molecular formula is C12H18N4. The second-order valence-corrected chi connectivity index (χ2v) is 4.03. The van der Waals surface area contributed by atoms with E-state index in [2.05, 4.69) is 11.1 Å². The number of rotatable bonds is 4. The minimum absolute atomic E-state index is 0.0552. The molecule has 86 valence electrons. The number of hydrogen-bond acceptors (Lipinski definition) is 4. The molecule has 4 heteroatoms. The van der Waals surface area contributed by atoms with Crippen molar-refractivity contribution in [3.8, 4) is 6.07 Å². The van der Waals surface area contributed by atoms with E-state index in [1.54, 1.807) is 6.20 Å². The molecule has 0 bridgehead atoms. The van der Waals surface area contributed by atoms with E-state index in [9.17, 15) is 0 Å². The van der Waals surface area contributed by atoms with E-state index >= 15 is 0 Å². The minimum Gasteiger partial charge on any atom is -0.356 e. The number of hydrogen-bond donors (Lipinski definition) is 1. The van der Waals surface area contributed by atoms with Crippen molar-refractivity contribution < 1.29 is 0 Å². The number of anilines is 1. The molecule has 0 saturated carbocycles. The molecule has 2 atom stereocenters. The fraction of sp³-hybridized carbons (Fsp3) is 0.500. The molecule has 0 saturated heterocycles. The number of nitrogens with two attached hydrogens (primary N) is 1. The maximum Gasteiger partial charge on any atom is 0.133 e. The molecule has 16 heavy (non-hydrogen) atoms. The maximum atomic E-state index is 8.69. The van der Waals surface area contributed by atoms with Gasteiger partial charge in [-0.1, -0.05) is 6.07 Å². The number of nitrogens with zero attached hydrogens (tertiary/aromatic N) is 3. The van der Waals surface area contributed by atoms with E-state index in [1.165, 1.54) is 0 Å². The van der Waals surface area contributed by atoms with Crippen molar-refractivity contribution >= 4 is 5.82 Å². The van der Waals surface area contributed by atoms with Crippen LogP contribution in [0.5, 0.6) is 0 Å². The van der Waals surface area contributed by atoms with E-state index in [1.807, 2.05) is 37.9 Å².